The molecule has 3 N–H and O–H groups in total. The molecule has 2 amide bonds. The Morgan fingerprint density at radius 1 is 1.17 bits per heavy atom. The van der Waals surface area contributed by atoms with E-state index in [0.29, 0.717) is 39.6 Å². The smallest absolute Gasteiger partial charge is 0.257 e. The lowest BCUT2D eigenvalue weighted by Crippen LogP contribution is -2.61. The van der Waals surface area contributed by atoms with Crippen LogP contribution in [-0.2, 0) is 0 Å². The van der Waals surface area contributed by atoms with Gasteiger partial charge in [-0.3, -0.25) is 14.6 Å². The first-order valence-corrected chi connectivity index (χ1v) is 14.0. The number of nitrogens with zero attached hydrogens (tertiary/aromatic N) is 4. The molecule has 1 atom stereocenters. The second-order valence-corrected chi connectivity index (χ2v) is 11.8. The fraction of sp³-hybridized carbons (Fsp3) is 0.433. The van der Waals surface area contributed by atoms with Crippen molar-refractivity contribution in [2.24, 2.45) is 11.8 Å². The molecular weight excluding hydrogens is 527 g/mol. The lowest BCUT2D eigenvalue weighted by Gasteiger charge is -2.44. The first-order chi connectivity index (χ1) is 19.6. The van der Waals surface area contributed by atoms with Gasteiger partial charge < -0.3 is 24.8 Å². The van der Waals surface area contributed by atoms with E-state index in [2.05, 4.69) is 32.3 Å². The van der Waals surface area contributed by atoms with Crippen molar-refractivity contribution >= 4 is 22.8 Å². The molecule has 1 saturated carbocycles. The maximum absolute atomic E-state index is 16.1. The quantitative estimate of drug-likeness (QED) is 0.314. The summed E-state index contributed by atoms with van der Waals surface area (Å²) in [5, 5.41) is 17.0. The Morgan fingerprint density at radius 3 is 2.61 bits per heavy atom. The molecule has 1 aliphatic heterocycles. The maximum Gasteiger partial charge on any atom is 0.257 e. The van der Waals surface area contributed by atoms with Gasteiger partial charge in [-0.05, 0) is 56.7 Å². The van der Waals surface area contributed by atoms with E-state index >= 15 is 4.39 Å². The van der Waals surface area contributed by atoms with Crippen molar-refractivity contribution in [3.05, 3.63) is 65.3 Å². The Kier molecular flexibility index (Phi) is 6.85. The molecule has 3 aromatic heterocycles. The average molecular weight is 561 g/mol. The molecule has 41 heavy (non-hydrogen) atoms. The number of nitrogens with one attached hydrogen (secondary N) is 2. The maximum atomic E-state index is 16.1. The first-order valence-electron chi connectivity index (χ1n) is 14.0. The van der Waals surface area contributed by atoms with Crippen LogP contribution >= 0.6 is 0 Å². The number of amides is 2. The summed E-state index contributed by atoms with van der Waals surface area (Å²) in [7, 11) is 0. The number of hydrogen-bond donors (Lipinski definition) is 3. The van der Waals surface area contributed by atoms with E-state index in [1.165, 1.54) is 23.6 Å². The van der Waals surface area contributed by atoms with Gasteiger partial charge in [0.25, 0.3) is 11.8 Å². The van der Waals surface area contributed by atoms with Crippen LogP contribution < -0.4 is 5.32 Å². The number of carbonyl (C=O) groups is 2. The summed E-state index contributed by atoms with van der Waals surface area (Å²) < 4.78 is 21.1. The number of imidazole rings is 1. The second-order valence-electron chi connectivity index (χ2n) is 11.8. The lowest BCUT2D eigenvalue weighted by molar-refractivity contribution is -0.0668. The zero-order valence-electron chi connectivity index (χ0n) is 23.3. The largest absolute Gasteiger partial charge is 0.386 e. The van der Waals surface area contributed by atoms with Crippen molar-refractivity contribution in [2.75, 3.05) is 13.1 Å². The van der Waals surface area contributed by atoms with Crippen LogP contribution in [0.1, 0.15) is 77.8 Å². The van der Waals surface area contributed by atoms with Crippen LogP contribution in [0.25, 0.3) is 22.2 Å². The minimum absolute atomic E-state index is 0.120. The first kappa shape index (κ1) is 27.1. The summed E-state index contributed by atoms with van der Waals surface area (Å²) in [6, 6.07) is 4.43. The molecule has 6 rings (SSSR count). The minimum atomic E-state index is -0.923. The number of aromatic nitrogens is 4. The Hall–Kier alpha value is -4.12. The summed E-state index contributed by atoms with van der Waals surface area (Å²) in [4.78, 5) is 40.0. The molecule has 1 saturated heterocycles. The predicted molar refractivity (Wildman–Crippen MR) is 148 cm³/mol. The number of aromatic amines is 1. The van der Waals surface area contributed by atoms with Crippen molar-refractivity contribution in [1.82, 2.24) is 30.3 Å². The summed E-state index contributed by atoms with van der Waals surface area (Å²) in [5.41, 5.74) is 1.37. The van der Waals surface area contributed by atoms with E-state index in [4.69, 9.17) is 4.52 Å². The third-order valence-corrected chi connectivity index (χ3v) is 8.41. The highest BCUT2D eigenvalue weighted by Gasteiger charge is 2.40. The topological polar surface area (TPSA) is 137 Å². The molecule has 0 radical (unpaired) electrons. The fourth-order valence-electron chi connectivity index (χ4n) is 6.06. The highest BCUT2D eigenvalue weighted by molar-refractivity contribution is 6.02. The number of fused-ring (bicyclic) bond motifs is 1. The third-order valence-electron chi connectivity index (χ3n) is 8.41. The van der Waals surface area contributed by atoms with E-state index in [-0.39, 0.29) is 41.9 Å². The number of aliphatic hydroxyl groups is 1. The van der Waals surface area contributed by atoms with Gasteiger partial charge in [-0.25, -0.2) is 9.37 Å². The summed E-state index contributed by atoms with van der Waals surface area (Å²) in [5.74, 6) is 0.00208. The Labute approximate surface area is 236 Å². The third kappa shape index (κ3) is 5.10. The molecular formula is C30H33FN6O4. The van der Waals surface area contributed by atoms with E-state index in [0.717, 1.165) is 25.7 Å². The molecule has 0 unspecified atom stereocenters. The molecule has 0 spiro atoms. The SMILES string of the molecule is Cc1nocc1C(=O)N[C@H](c1nc2c(F)c(-c3cnccc3C(=O)N3CC(C)(O)C3)ccc2[nH]1)C1CCC(C)CC1. The molecule has 10 nitrogen and oxygen atoms in total. The Balaban J connectivity index is 1.35. The normalized spacial score (nSPS) is 21.0. The van der Waals surface area contributed by atoms with Crippen LogP contribution in [0.4, 0.5) is 4.39 Å². The zero-order chi connectivity index (χ0) is 28.9. The number of rotatable bonds is 6. The number of H-pyrrole nitrogens is 1. The highest BCUT2D eigenvalue weighted by atomic mass is 19.1. The van der Waals surface area contributed by atoms with Crippen molar-refractivity contribution in [3.63, 3.8) is 0 Å². The van der Waals surface area contributed by atoms with Gasteiger partial charge in [-0.15, -0.1) is 0 Å². The van der Waals surface area contributed by atoms with Crippen molar-refractivity contribution < 1.29 is 23.6 Å². The van der Waals surface area contributed by atoms with Crippen LogP contribution in [0.2, 0.25) is 0 Å². The molecule has 4 aromatic rings. The van der Waals surface area contributed by atoms with Crippen molar-refractivity contribution in [2.45, 2.75) is 58.1 Å². The molecule has 0 bridgehead atoms. The van der Waals surface area contributed by atoms with Gasteiger partial charge in [0.2, 0.25) is 0 Å². The Morgan fingerprint density at radius 2 is 1.93 bits per heavy atom. The van der Waals surface area contributed by atoms with Gasteiger partial charge in [0.1, 0.15) is 23.2 Å². The van der Waals surface area contributed by atoms with E-state index in [1.54, 1.807) is 32.0 Å². The number of carbonyl (C=O) groups excluding carboxylic acids is 2. The van der Waals surface area contributed by atoms with Crippen molar-refractivity contribution in [1.29, 1.82) is 0 Å². The van der Waals surface area contributed by atoms with Gasteiger partial charge in [0, 0.05) is 23.5 Å². The van der Waals surface area contributed by atoms with Gasteiger partial charge in [-0.1, -0.05) is 24.9 Å². The van der Waals surface area contributed by atoms with Crippen LogP contribution in [0.15, 0.2) is 41.4 Å². The monoisotopic (exact) mass is 560 g/mol. The minimum Gasteiger partial charge on any atom is -0.386 e. The molecule has 1 aliphatic carbocycles. The van der Waals surface area contributed by atoms with E-state index in [1.807, 2.05) is 0 Å². The fourth-order valence-corrected chi connectivity index (χ4v) is 6.06. The summed E-state index contributed by atoms with van der Waals surface area (Å²) in [6.45, 7) is 6.02. The number of aryl methyl sites for hydroxylation is 1. The number of pyridine rings is 1. The number of hydrogen-bond acceptors (Lipinski definition) is 7. The molecule has 4 heterocycles. The average Bonchev–Trinajstić information content (AvgIpc) is 3.57. The number of benzene rings is 1. The summed E-state index contributed by atoms with van der Waals surface area (Å²) >= 11 is 0. The zero-order valence-corrected chi connectivity index (χ0v) is 23.3. The van der Waals surface area contributed by atoms with Crippen LogP contribution in [0.3, 0.4) is 0 Å². The van der Waals surface area contributed by atoms with Gasteiger partial charge in [-0.2, -0.15) is 0 Å². The predicted octanol–water partition coefficient (Wildman–Crippen LogP) is 4.56. The molecule has 2 fully saturated rings. The molecule has 11 heteroatoms. The van der Waals surface area contributed by atoms with Gasteiger partial charge in [0.05, 0.1) is 41.5 Å². The van der Waals surface area contributed by atoms with Crippen LogP contribution in [0.5, 0.6) is 0 Å². The number of likely N-dealkylation sites (tertiary alicyclic amines) is 1. The van der Waals surface area contributed by atoms with Crippen LogP contribution in [-0.4, -0.2) is 60.6 Å². The van der Waals surface area contributed by atoms with E-state index < -0.39 is 17.5 Å². The molecule has 214 valence electrons. The second kappa shape index (κ2) is 10.4. The lowest BCUT2D eigenvalue weighted by atomic mass is 9.79. The molecule has 1 aromatic carbocycles. The summed E-state index contributed by atoms with van der Waals surface area (Å²) in [6.07, 6.45) is 8.17. The standard InChI is InChI=1S/C30H33FN6O4/c1-16-4-6-18(7-5-16)25(35-28(38)22-13-41-36-17(22)2)27-33-23-9-8-19(24(31)26(23)34-27)21-12-32-11-10-20(21)29(39)37-14-30(3,40)15-37/h8-13,16,18,25,40H,4-7,14-15H2,1-3H3,(H,33,34)(H,35,38)/t16?,18?,25-/m0/s1. The number of β-amino-alcohol motifs (C(OH)–C–C–N with tert-alkyl or cyclic N) is 1. The number of halogens is 1. The van der Waals surface area contributed by atoms with Crippen molar-refractivity contribution in [3.8, 4) is 11.1 Å². The highest BCUT2D eigenvalue weighted by Crippen LogP contribution is 2.38. The molecule has 2 aliphatic rings. The van der Waals surface area contributed by atoms with Gasteiger partial charge in [0.15, 0.2) is 5.82 Å². The van der Waals surface area contributed by atoms with Gasteiger partial charge >= 0.3 is 0 Å². The van der Waals surface area contributed by atoms with Crippen LogP contribution in [0, 0.1) is 24.6 Å². The van der Waals surface area contributed by atoms with E-state index in [9.17, 15) is 14.7 Å². The Bertz CT molecular complexity index is 1610.